The van der Waals surface area contributed by atoms with E-state index in [0.29, 0.717) is 61.4 Å². The number of halogens is 2. The van der Waals surface area contributed by atoms with Crippen molar-refractivity contribution in [2.24, 2.45) is 0 Å². The van der Waals surface area contributed by atoms with Crippen LogP contribution in [0.4, 0.5) is 5.69 Å². The van der Waals surface area contributed by atoms with Crippen molar-refractivity contribution in [3.63, 3.8) is 0 Å². The second kappa shape index (κ2) is 13.0. The SMILES string of the molecule is CC(C)(C)OC(=O)C(CNC(=O)c1ccc2c(c1)CCOC2)(C(=O)OC(C)(C)C)N1CCN(c2ccc(Cl)cc2Cl)CC1. The van der Waals surface area contributed by atoms with Gasteiger partial charge in [0.1, 0.15) is 11.2 Å². The summed E-state index contributed by atoms with van der Waals surface area (Å²) in [6.45, 7) is 12.7. The summed E-state index contributed by atoms with van der Waals surface area (Å²) in [5.74, 6) is -1.97. The topological polar surface area (TPSA) is 97.4 Å². The number of fused-ring (bicyclic) bond motifs is 1. The fraction of sp³-hybridized carbons (Fsp3) is 0.531. The van der Waals surface area contributed by atoms with E-state index in [-0.39, 0.29) is 6.54 Å². The normalized spacial score (nSPS) is 16.3. The van der Waals surface area contributed by atoms with Gasteiger partial charge in [0, 0.05) is 36.8 Å². The molecule has 0 saturated carbocycles. The number of esters is 2. The number of anilines is 1. The van der Waals surface area contributed by atoms with Crippen molar-refractivity contribution >= 4 is 46.7 Å². The third-order valence-electron chi connectivity index (χ3n) is 7.29. The molecule has 0 unspecified atom stereocenters. The lowest BCUT2D eigenvalue weighted by molar-refractivity contribution is -0.188. The van der Waals surface area contributed by atoms with Crippen LogP contribution in [0.5, 0.6) is 0 Å². The standard InChI is InChI=1S/C32H41Cl2N3O6/c1-30(2,3)42-28(39)32(29(40)43-31(4,5)6,20-35-27(38)22-7-8-23-19-41-16-11-21(23)17-22)37-14-12-36(13-15-37)26-10-9-24(33)18-25(26)34/h7-10,17-18H,11-16,19-20H2,1-6H3,(H,35,38). The van der Waals surface area contributed by atoms with E-state index in [1.807, 2.05) is 18.2 Å². The predicted octanol–water partition coefficient (Wildman–Crippen LogP) is 5.04. The summed E-state index contributed by atoms with van der Waals surface area (Å²) < 4.78 is 17.2. The minimum absolute atomic E-state index is 0.298. The van der Waals surface area contributed by atoms with E-state index in [1.165, 1.54) is 0 Å². The van der Waals surface area contributed by atoms with Gasteiger partial charge >= 0.3 is 11.9 Å². The molecule has 11 heteroatoms. The molecule has 1 fully saturated rings. The molecule has 2 aliphatic heterocycles. The number of ether oxygens (including phenoxy) is 3. The lowest BCUT2D eigenvalue weighted by atomic mass is 9.93. The van der Waals surface area contributed by atoms with Crippen molar-refractivity contribution in [3.8, 4) is 0 Å². The smallest absolute Gasteiger partial charge is 0.340 e. The molecule has 9 nitrogen and oxygen atoms in total. The second-order valence-corrected chi connectivity index (χ2v) is 13.7. The molecule has 0 aliphatic carbocycles. The molecule has 2 aromatic rings. The van der Waals surface area contributed by atoms with Crippen molar-refractivity contribution in [2.45, 2.75) is 71.3 Å². The number of amides is 1. The molecular weight excluding hydrogens is 593 g/mol. The maximum Gasteiger partial charge on any atom is 0.340 e. The van der Waals surface area contributed by atoms with Gasteiger partial charge in [0.2, 0.25) is 5.54 Å². The number of carbonyl (C=O) groups is 3. The third kappa shape index (κ3) is 8.01. The van der Waals surface area contributed by atoms with Gasteiger partial charge in [0.15, 0.2) is 0 Å². The molecule has 0 atom stereocenters. The minimum Gasteiger partial charge on any atom is -0.458 e. The van der Waals surface area contributed by atoms with Crippen LogP contribution in [0.2, 0.25) is 10.0 Å². The van der Waals surface area contributed by atoms with Crippen molar-refractivity contribution in [1.29, 1.82) is 0 Å². The van der Waals surface area contributed by atoms with Gasteiger partial charge < -0.3 is 24.4 Å². The molecule has 0 spiro atoms. The van der Waals surface area contributed by atoms with Crippen LogP contribution in [0.15, 0.2) is 36.4 Å². The summed E-state index contributed by atoms with van der Waals surface area (Å²) in [6.07, 6.45) is 0.706. The van der Waals surface area contributed by atoms with Gasteiger partial charge in [-0.25, -0.2) is 9.59 Å². The second-order valence-electron chi connectivity index (χ2n) is 12.9. The Morgan fingerprint density at radius 1 is 0.860 bits per heavy atom. The predicted molar refractivity (Wildman–Crippen MR) is 167 cm³/mol. The first-order chi connectivity index (χ1) is 20.1. The van der Waals surface area contributed by atoms with E-state index in [1.54, 1.807) is 64.6 Å². The molecule has 234 valence electrons. The Bertz CT molecular complexity index is 1330. The Balaban J connectivity index is 1.66. The largest absolute Gasteiger partial charge is 0.458 e. The minimum atomic E-state index is -1.94. The summed E-state index contributed by atoms with van der Waals surface area (Å²) in [5, 5.41) is 3.91. The van der Waals surface area contributed by atoms with E-state index in [0.717, 1.165) is 16.8 Å². The Labute approximate surface area is 263 Å². The third-order valence-corrected chi connectivity index (χ3v) is 7.83. The van der Waals surface area contributed by atoms with Crippen molar-refractivity contribution in [1.82, 2.24) is 10.2 Å². The van der Waals surface area contributed by atoms with E-state index >= 15 is 0 Å². The number of hydrogen-bond acceptors (Lipinski definition) is 8. The van der Waals surface area contributed by atoms with Crippen molar-refractivity contribution in [2.75, 3.05) is 44.2 Å². The Morgan fingerprint density at radius 2 is 1.49 bits per heavy atom. The fourth-order valence-corrected chi connectivity index (χ4v) is 5.73. The van der Waals surface area contributed by atoms with Gasteiger partial charge in [-0.1, -0.05) is 29.3 Å². The van der Waals surface area contributed by atoms with Gasteiger partial charge in [-0.15, -0.1) is 0 Å². The van der Waals surface area contributed by atoms with E-state index in [4.69, 9.17) is 37.4 Å². The van der Waals surface area contributed by atoms with Gasteiger partial charge in [-0.3, -0.25) is 9.69 Å². The van der Waals surface area contributed by atoms with Gasteiger partial charge in [0.05, 0.1) is 30.5 Å². The summed E-state index contributed by atoms with van der Waals surface area (Å²) >= 11 is 12.6. The maximum absolute atomic E-state index is 14.1. The van der Waals surface area contributed by atoms with E-state index in [2.05, 4.69) is 10.2 Å². The number of nitrogens with zero attached hydrogens (tertiary/aromatic N) is 2. The molecule has 0 bridgehead atoms. The summed E-state index contributed by atoms with van der Waals surface area (Å²) in [6, 6.07) is 10.7. The zero-order valence-electron chi connectivity index (χ0n) is 25.7. The molecule has 2 aromatic carbocycles. The molecule has 2 heterocycles. The molecule has 1 saturated heterocycles. The number of hydrogen-bond donors (Lipinski definition) is 1. The number of carbonyl (C=O) groups excluding carboxylic acids is 3. The van der Waals surface area contributed by atoms with Crippen LogP contribution in [0.25, 0.3) is 0 Å². The van der Waals surface area contributed by atoms with E-state index in [9.17, 15) is 14.4 Å². The average Bonchev–Trinajstić information content (AvgIpc) is 2.91. The molecule has 0 aromatic heterocycles. The highest BCUT2D eigenvalue weighted by molar-refractivity contribution is 6.36. The lowest BCUT2D eigenvalue weighted by Crippen LogP contribution is -2.70. The highest BCUT2D eigenvalue weighted by Gasteiger charge is 2.56. The molecule has 4 rings (SSSR count). The first-order valence-electron chi connectivity index (χ1n) is 14.5. The summed E-state index contributed by atoms with van der Waals surface area (Å²) in [5.41, 5.74) is -0.406. The van der Waals surface area contributed by atoms with Crippen LogP contribution in [0, 0.1) is 0 Å². The first-order valence-corrected chi connectivity index (χ1v) is 15.2. The Morgan fingerprint density at radius 3 is 2.07 bits per heavy atom. The van der Waals surface area contributed by atoms with Crippen LogP contribution < -0.4 is 10.2 Å². The van der Waals surface area contributed by atoms with Crippen molar-refractivity contribution < 1.29 is 28.6 Å². The molecule has 43 heavy (non-hydrogen) atoms. The van der Waals surface area contributed by atoms with Gasteiger partial charge in [-0.05, 0) is 89.4 Å². The number of rotatable bonds is 7. The zero-order chi connectivity index (χ0) is 31.6. The summed E-state index contributed by atoms with van der Waals surface area (Å²) in [4.78, 5) is 45.5. The highest BCUT2D eigenvalue weighted by atomic mass is 35.5. The molecule has 1 amide bonds. The quantitative estimate of drug-likeness (QED) is 0.335. The monoisotopic (exact) mass is 633 g/mol. The average molecular weight is 635 g/mol. The van der Waals surface area contributed by atoms with Crippen molar-refractivity contribution in [3.05, 3.63) is 63.1 Å². The Hall–Kier alpha value is -2.85. The first kappa shape index (κ1) is 33.1. The van der Waals surface area contributed by atoms with Crippen LogP contribution >= 0.6 is 23.2 Å². The molecule has 2 aliphatic rings. The van der Waals surface area contributed by atoms with E-state index < -0.39 is 34.6 Å². The highest BCUT2D eigenvalue weighted by Crippen LogP contribution is 2.32. The zero-order valence-corrected chi connectivity index (χ0v) is 27.2. The fourth-order valence-electron chi connectivity index (χ4n) is 5.20. The lowest BCUT2D eigenvalue weighted by Gasteiger charge is -2.46. The Kier molecular flexibility index (Phi) is 10.0. The molecular formula is C32H41Cl2N3O6. The summed E-state index contributed by atoms with van der Waals surface area (Å²) in [7, 11) is 0. The van der Waals surface area contributed by atoms with Gasteiger partial charge in [-0.2, -0.15) is 0 Å². The molecule has 0 radical (unpaired) electrons. The van der Waals surface area contributed by atoms with Gasteiger partial charge in [0.25, 0.3) is 5.91 Å². The number of piperazine rings is 1. The molecule has 1 N–H and O–H groups in total. The van der Waals surface area contributed by atoms with Crippen LogP contribution in [0.3, 0.4) is 0 Å². The number of benzene rings is 2. The van der Waals surface area contributed by atoms with Crippen LogP contribution in [-0.2, 0) is 36.8 Å². The maximum atomic E-state index is 14.1. The van der Waals surface area contributed by atoms with Crippen LogP contribution in [-0.4, -0.2) is 78.8 Å². The van der Waals surface area contributed by atoms with Crippen LogP contribution in [0.1, 0.15) is 63.0 Å². The number of nitrogens with one attached hydrogen (secondary N) is 1.